The average molecular weight is 597 g/mol. The largest absolute Gasteiger partial charge is 0.451 e. The standard InChI is InChI=1S/C40H36O5/c1-2-12-30-19-24-35(25-20-30)40(42)44-36-26-21-31(22-27-36)23-28-37(41)45-39(34-17-10-5-11-18-34)38(33-15-8-4-9-16-33)43-29-32-13-6-3-7-14-32/h3-11,13-28,38-39H,2,12,29H2,1H3. The lowest BCUT2D eigenvalue weighted by Crippen LogP contribution is -2.20. The molecule has 2 atom stereocenters. The molecule has 0 heterocycles. The number of hydrogen-bond donors (Lipinski definition) is 0. The molecule has 226 valence electrons. The molecular formula is C40H36O5. The Labute approximate surface area is 264 Å². The molecule has 5 aromatic carbocycles. The van der Waals surface area contributed by atoms with Crippen molar-refractivity contribution >= 4 is 18.0 Å². The van der Waals surface area contributed by atoms with Crippen LogP contribution in [-0.2, 0) is 27.3 Å². The van der Waals surface area contributed by atoms with Gasteiger partial charge in [-0.25, -0.2) is 9.59 Å². The molecule has 0 aromatic heterocycles. The zero-order valence-electron chi connectivity index (χ0n) is 25.3. The van der Waals surface area contributed by atoms with Gasteiger partial charge in [0, 0.05) is 6.08 Å². The van der Waals surface area contributed by atoms with Crippen molar-refractivity contribution in [3.63, 3.8) is 0 Å². The third-order valence-corrected chi connectivity index (χ3v) is 7.28. The van der Waals surface area contributed by atoms with Gasteiger partial charge in [-0.1, -0.05) is 129 Å². The maximum Gasteiger partial charge on any atom is 0.343 e. The molecule has 0 aliphatic rings. The first-order valence-corrected chi connectivity index (χ1v) is 15.1. The molecule has 5 nitrogen and oxygen atoms in total. The Kier molecular flexibility index (Phi) is 11.1. The molecule has 0 radical (unpaired) electrons. The first-order chi connectivity index (χ1) is 22.1. The molecule has 0 saturated heterocycles. The van der Waals surface area contributed by atoms with Crippen LogP contribution in [0, 0.1) is 0 Å². The number of carbonyl (C=O) groups excluding carboxylic acids is 2. The molecule has 5 heteroatoms. The van der Waals surface area contributed by atoms with Gasteiger partial charge in [-0.3, -0.25) is 0 Å². The van der Waals surface area contributed by atoms with Gasteiger partial charge in [0.05, 0.1) is 12.2 Å². The Balaban J connectivity index is 1.27. The molecule has 0 spiro atoms. The van der Waals surface area contributed by atoms with Gasteiger partial charge in [-0.05, 0) is 64.6 Å². The van der Waals surface area contributed by atoms with Crippen LogP contribution in [0.1, 0.15) is 63.7 Å². The van der Waals surface area contributed by atoms with Gasteiger partial charge in [-0.15, -0.1) is 0 Å². The van der Waals surface area contributed by atoms with Crippen LogP contribution < -0.4 is 4.74 Å². The molecule has 5 rings (SSSR count). The van der Waals surface area contributed by atoms with E-state index < -0.39 is 24.1 Å². The number of carbonyl (C=O) groups is 2. The molecule has 0 fully saturated rings. The molecule has 0 bridgehead atoms. The predicted molar refractivity (Wildman–Crippen MR) is 177 cm³/mol. The highest BCUT2D eigenvalue weighted by molar-refractivity contribution is 5.91. The van der Waals surface area contributed by atoms with Crippen molar-refractivity contribution in [2.45, 2.75) is 38.6 Å². The lowest BCUT2D eigenvalue weighted by Gasteiger charge is -2.28. The van der Waals surface area contributed by atoms with Crippen LogP contribution in [0.5, 0.6) is 5.75 Å². The summed E-state index contributed by atoms with van der Waals surface area (Å²) in [6.07, 6.45) is 3.86. The Bertz CT molecular complexity index is 1660. The van der Waals surface area contributed by atoms with E-state index in [0.717, 1.165) is 35.1 Å². The smallest absolute Gasteiger partial charge is 0.343 e. The fourth-order valence-electron chi connectivity index (χ4n) is 4.95. The highest BCUT2D eigenvalue weighted by Gasteiger charge is 2.29. The SMILES string of the molecule is CCCc1ccc(C(=O)Oc2ccc(C=CC(=O)OC(c3ccccc3)C(OCc3ccccc3)c3ccccc3)cc2)cc1. The van der Waals surface area contributed by atoms with E-state index in [4.69, 9.17) is 14.2 Å². The van der Waals surface area contributed by atoms with Gasteiger partial charge in [0.25, 0.3) is 0 Å². The lowest BCUT2D eigenvalue weighted by atomic mass is 9.97. The van der Waals surface area contributed by atoms with Gasteiger partial charge in [0.2, 0.25) is 0 Å². The summed E-state index contributed by atoms with van der Waals surface area (Å²) in [7, 11) is 0. The maximum absolute atomic E-state index is 13.2. The molecule has 0 N–H and O–H groups in total. The molecular weight excluding hydrogens is 560 g/mol. The van der Waals surface area contributed by atoms with Crippen LogP contribution in [0.4, 0.5) is 0 Å². The van der Waals surface area contributed by atoms with E-state index in [2.05, 4.69) is 6.92 Å². The van der Waals surface area contributed by atoms with E-state index in [1.165, 1.54) is 11.6 Å². The van der Waals surface area contributed by atoms with Crippen LogP contribution >= 0.6 is 0 Å². The van der Waals surface area contributed by atoms with Gasteiger partial charge >= 0.3 is 11.9 Å². The average Bonchev–Trinajstić information content (AvgIpc) is 3.09. The molecule has 0 aliphatic carbocycles. The van der Waals surface area contributed by atoms with Crippen molar-refractivity contribution in [2.24, 2.45) is 0 Å². The molecule has 0 aliphatic heterocycles. The van der Waals surface area contributed by atoms with E-state index >= 15 is 0 Å². The van der Waals surface area contributed by atoms with E-state index in [1.807, 2.05) is 103 Å². The summed E-state index contributed by atoms with van der Waals surface area (Å²) in [5.74, 6) is -0.503. The van der Waals surface area contributed by atoms with Crippen molar-refractivity contribution in [2.75, 3.05) is 0 Å². The molecule has 5 aromatic rings. The Morgan fingerprint density at radius 2 is 1.22 bits per heavy atom. The van der Waals surface area contributed by atoms with Crippen molar-refractivity contribution in [1.29, 1.82) is 0 Å². The topological polar surface area (TPSA) is 61.8 Å². The Morgan fingerprint density at radius 3 is 1.82 bits per heavy atom. The van der Waals surface area contributed by atoms with Crippen LogP contribution in [-0.4, -0.2) is 11.9 Å². The molecule has 45 heavy (non-hydrogen) atoms. The highest BCUT2D eigenvalue weighted by Crippen LogP contribution is 2.36. The minimum Gasteiger partial charge on any atom is -0.451 e. The van der Waals surface area contributed by atoms with Crippen LogP contribution in [0.15, 0.2) is 146 Å². The summed E-state index contributed by atoms with van der Waals surface area (Å²) < 4.78 is 18.1. The van der Waals surface area contributed by atoms with E-state index in [-0.39, 0.29) is 0 Å². The second-order valence-corrected chi connectivity index (χ2v) is 10.6. The highest BCUT2D eigenvalue weighted by atomic mass is 16.6. The van der Waals surface area contributed by atoms with Crippen LogP contribution in [0.2, 0.25) is 0 Å². The summed E-state index contributed by atoms with van der Waals surface area (Å²) in [6, 6.07) is 43.8. The number of rotatable bonds is 13. The van der Waals surface area contributed by atoms with Crippen molar-refractivity contribution in [3.8, 4) is 5.75 Å². The zero-order chi connectivity index (χ0) is 31.3. The van der Waals surface area contributed by atoms with E-state index in [1.54, 1.807) is 42.5 Å². The monoisotopic (exact) mass is 596 g/mol. The number of aryl methyl sites for hydroxylation is 1. The van der Waals surface area contributed by atoms with Crippen molar-refractivity contribution in [3.05, 3.63) is 179 Å². The molecule has 0 amide bonds. The second-order valence-electron chi connectivity index (χ2n) is 10.6. The van der Waals surface area contributed by atoms with Crippen LogP contribution in [0.3, 0.4) is 0 Å². The number of hydrogen-bond acceptors (Lipinski definition) is 5. The lowest BCUT2D eigenvalue weighted by molar-refractivity contribution is -0.154. The minimum absolute atomic E-state index is 0.359. The second kappa shape index (κ2) is 16.0. The third-order valence-electron chi connectivity index (χ3n) is 7.28. The van der Waals surface area contributed by atoms with Gasteiger partial charge < -0.3 is 14.2 Å². The Morgan fingerprint density at radius 1 is 0.644 bits per heavy atom. The Hall–Kier alpha value is -5.26. The first-order valence-electron chi connectivity index (χ1n) is 15.1. The van der Waals surface area contributed by atoms with Crippen LogP contribution in [0.25, 0.3) is 6.08 Å². The molecule has 2 unspecified atom stereocenters. The van der Waals surface area contributed by atoms with E-state index in [0.29, 0.717) is 17.9 Å². The summed E-state index contributed by atoms with van der Waals surface area (Å²) >= 11 is 0. The van der Waals surface area contributed by atoms with Crippen molar-refractivity contribution in [1.82, 2.24) is 0 Å². The normalized spacial score (nSPS) is 12.4. The number of benzene rings is 5. The third kappa shape index (κ3) is 9.12. The fraction of sp³-hybridized carbons (Fsp3) is 0.150. The van der Waals surface area contributed by atoms with Gasteiger partial charge in [0.1, 0.15) is 11.9 Å². The number of ether oxygens (including phenoxy) is 3. The maximum atomic E-state index is 13.2. The predicted octanol–water partition coefficient (Wildman–Crippen LogP) is 9.11. The van der Waals surface area contributed by atoms with E-state index in [9.17, 15) is 9.59 Å². The zero-order valence-corrected chi connectivity index (χ0v) is 25.3. The summed E-state index contributed by atoms with van der Waals surface area (Å²) in [4.78, 5) is 25.8. The van der Waals surface area contributed by atoms with Gasteiger partial charge in [0.15, 0.2) is 6.10 Å². The number of esters is 2. The van der Waals surface area contributed by atoms with Gasteiger partial charge in [-0.2, -0.15) is 0 Å². The fourth-order valence-corrected chi connectivity index (χ4v) is 4.95. The summed E-state index contributed by atoms with van der Waals surface area (Å²) in [5.41, 5.74) is 5.20. The summed E-state index contributed by atoms with van der Waals surface area (Å²) in [6.45, 7) is 2.48. The minimum atomic E-state index is -0.688. The first kappa shape index (κ1) is 31.2. The quantitative estimate of drug-likeness (QED) is 0.0771. The van der Waals surface area contributed by atoms with Crippen molar-refractivity contribution < 1.29 is 23.8 Å². The summed E-state index contributed by atoms with van der Waals surface area (Å²) in [5, 5.41) is 0. The molecule has 0 saturated carbocycles.